The van der Waals surface area contributed by atoms with Crippen molar-refractivity contribution in [2.24, 2.45) is 0 Å². The van der Waals surface area contributed by atoms with Crippen LogP contribution in [0.1, 0.15) is 43.7 Å². The third-order valence-corrected chi connectivity index (χ3v) is 3.15. The number of nitrogens with one attached hydrogen (secondary N) is 1. The second kappa shape index (κ2) is 10.4. The molecular weight excluding hydrogens is 250 g/mol. The van der Waals surface area contributed by atoms with Gasteiger partial charge in [0, 0.05) is 26.2 Å². The molecular formula is C17H27NO2. The summed E-state index contributed by atoms with van der Waals surface area (Å²) in [5, 5.41) is 2.94. The fourth-order valence-corrected chi connectivity index (χ4v) is 1.96. The van der Waals surface area contributed by atoms with Crippen LogP contribution in [-0.4, -0.2) is 25.7 Å². The number of ether oxygens (including phenoxy) is 1. The smallest absolute Gasteiger partial charge is 0.220 e. The van der Waals surface area contributed by atoms with Crippen LogP contribution >= 0.6 is 0 Å². The number of benzene rings is 1. The number of unbranched alkanes of at least 4 members (excludes halogenated alkanes) is 1. The highest BCUT2D eigenvalue weighted by Gasteiger charge is 2.01. The van der Waals surface area contributed by atoms with Crippen LogP contribution in [0.2, 0.25) is 0 Å². The van der Waals surface area contributed by atoms with E-state index in [0.717, 1.165) is 38.9 Å². The van der Waals surface area contributed by atoms with E-state index in [9.17, 15) is 4.79 Å². The van der Waals surface area contributed by atoms with Gasteiger partial charge < -0.3 is 10.1 Å². The third kappa shape index (κ3) is 7.95. The largest absolute Gasteiger partial charge is 0.381 e. The number of hydrogen-bond acceptors (Lipinski definition) is 2. The van der Waals surface area contributed by atoms with E-state index >= 15 is 0 Å². The van der Waals surface area contributed by atoms with Crippen molar-refractivity contribution in [2.75, 3.05) is 19.8 Å². The maximum Gasteiger partial charge on any atom is 0.220 e. The molecule has 20 heavy (non-hydrogen) atoms. The lowest BCUT2D eigenvalue weighted by molar-refractivity contribution is -0.121. The van der Waals surface area contributed by atoms with Crippen LogP contribution in [0, 0.1) is 6.92 Å². The topological polar surface area (TPSA) is 38.3 Å². The van der Waals surface area contributed by atoms with Crippen molar-refractivity contribution >= 4 is 5.91 Å². The number of amides is 1. The zero-order valence-electron chi connectivity index (χ0n) is 12.8. The Bertz CT molecular complexity index is 390. The maximum absolute atomic E-state index is 11.7. The van der Waals surface area contributed by atoms with Gasteiger partial charge in [-0.15, -0.1) is 0 Å². The molecule has 0 aliphatic rings. The number of carbonyl (C=O) groups excluding carboxylic acids is 1. The summed E-state index contributed by atoms with van der Waals surface area (Å²) in [6.45, 7) is 6.49. The predicted molar refractivity (Wildman–Crippen MR) is 82.9 cm³/mol. The molecule has 1 aromatic carbocycles. The average molecular weight is 277 g/mol. The van der Waals surface area contributed by atoms with Crippen molar-refractivity contribution in [3.63, 3.8) is 0 Å². The number of aryl methyl sites for hydroxylation is 2. The first-order chi connectivity index (χ1) is 9.72. The number of hydrogen-bond donors (Lipinski definition) is 1. The van der Waals surface area contributed by atoms with Gasteiger partial charge in [-0.1, -0.05) is 43.2 Å². The van der Waals surface area contributed by atoms with Crippen molar-refractivity contribution in [2.45, 2.75) is 46.0 Å². The van der Waals surface area contributed by atoms with Gasteiger partial charge in [0.25, 0.3) is 0 Å². The summed E-state index contributed by atoms with van der Waals surface area (Å²) in [4.78, 5) is 11.7. The average Bonchev–Trinajstić information content (AvgIpc) is 2.44. The quantitative estimate of drug-likeness (QED) is 0.667. The summed E-state index contributed by atoms with van der Waals surface area (Å²) in [6, 6.07) is 8.31. The number of carbonyl (C=O) groups is 1. The molecule has 1 rings (SSSR count). The minimum Gasteiger partial charge on any atom is -0.381 e. The molecule has 3 heteroatoms. The summed E-state index contributed by atoms with van der Waals surface area (Å²) in [5.74, 6) is 0.125. The fraction of sp³-hybridized carbons (Fsp3) is 0.588. The van der Waals surface area contributed by atoms with E-state index in [2.05, 4.69) is 37.4 Å². The molecule has 0 heterocycles. The van der Waals surface area contributed by atoms with Gasteiger partial charge in [0.05, 0.1) is 0 Å². The Kier molecular flexibility index (Phi) is 8.72. The summed E-state index contributed by atoms with van der Waals surface area (Å²) in [7, 11) is 0. The van der Waals surface area contributed by atoms with Gasteiger partial charge in [0.15, 0.2) is 0 Å². The van der Waals surface area contributed by atoms with Gasteiger partial charge in [-0.05, 0) is 31.7 Å². The minimum absolute atomic E-state index is 0.125. The Hall–Kier alpha value is -1.35. The van der Waals surface area contributed by atoms with E-state index in [1.807, 2.05) is 6.07 Å². The zero-order chi connectivity index (χ0) is 14.6. The molecule has 3 nitrogen and oxygen atoms in total. The molecule has 0 aliphatic carbocycles. The second-order valence-electron chi connectivity index (χ2n) is 5.16. The maximum atomic E-state index is 11.7. The molecule has 0 bridgehead atoms. The molecule has 1 amide bonds. The molecule has 112 valence electrons. The van der Waals surface area contributed by atoms with Crippen molar-refractivity contribution < 1.29 is 9.53 Å². The Morgan fingerprint density at radius 2 is 2.05 bits per heavy atom. The van der Waals surface area contributed by atoms with Gasteiger partial charge in [0.2, 0.25) is 5.91 Å². The molecule has 0 spiro atoms. The molecule has 1 aromatic rings. The third-order valence-electron chi connectivity index (χ3n) is 3.15. The van der Waals surface area contributed by atoms with Gasteiger partial charge in [0.1, 0.15) is 0 Å². The van der Waals surface area contributed by atoms with E-state index in [1.165, 1.54) is 11.1 Å². The van der Waals surface area contributed by atoms with Gasteiger partial charge in [-0.25, -0.2) is 0 Å². The lowest BCUT2D eigenvalue weighted by Crippen LogP contribution is -2.25. The Morgan fingerprint density at radius 3 is 2.80 bits per heavy atom. The highest BCUT2D eigenvalue weighted by atomic mass is 16.5. The van der Waals surface area contributed by atoms with Crippen LogP contribution < -0.4 is 5.32 Å². The zero-order valence-corrected chi connectivity index (χ0v) is 12.8. The highest BCUT2D eigenvalue weighted by Crippen LogP contribution is 2.06. The van der Waals surface area contributed by atoms with Gasteiger partial charge in [-0.2, -0.15) is 0 Å². The summed E-state index contributed by atoms with van der Waals surface area (Å²) in [5.41, 5.74) is 2.47. The van der Waals surface area contributed by atoms with E-state index in [0.29, 0.717) is 13.0 Å². The van der Waals surface area contributed by atoms with Crippen LogP contribution in [-0.2, 0) is 16.0 Å². The second-order valence-corrected chi connectivity index (χ2v) is 5.16. The Morgan fingerprint density at radius 1 is 1.25 bits per heavy atom. The van der Waals surface area contributed by atoms with E-state index in [4.69, 9.17) is 4.74 Å². The Labute approximate surface area is 122 Å². The van der Waals surface area contributed by atoms with Crippen molar-refractivity contribution in [1.82, 2.24) is 5.32 Å². The molecule has 0 saturated carbocycles. The number of rotatable bonds is 10. The Balaban J connectivity index is 2.03. The van der Waals surface area contributed by atoms with Crippen molar-refractivity contribution in [1.29, 1.82) is 0 Å². The molecule has 0 saturated heterocycles. The lowest BCUT2D eigenvalue weighted by Gasteiger charge is -2.06. The van der Waals surface area contributed by atoms with Crippen molar-refractivity contribution in [3.05, 3.63) is 35.4 Å². The standard InChI is InChI=1S/C17H27NO2/c1-3-4-12-20-13-6-11-18-17(19)10-9-16-8-5-7-15(2)14-16/h5,7-8,14H,3-4,6,9-13H2,1-2H3,(H,18,19). The van der Waals surface area contributed by atoms with Crippen LogP contribution in [0.25, 0.3) is 0 Å². The highest BCUT2D eigenvalue weighted by molar-refractivity contribution is 5.76. The fourth-order valence-electron chi connectivity index (χ4n) is 1.96. The van der Waals surface area contributed by atoms with E-state index < -0.39 is 0 Å². The monoisotopic (exact) mass is 277 g/mol. The van der Waals surface area contributed by atoms with Crippen molar-refractivity contribution in [3.8, 4) is 0 Å². The van der Waals surface area contributed by atoms with Crippen LogP contribution in [0.3, 0.4) is 0 Å². The normalized spacial score (nSPS) is 10.5. The predicted octanol–water partition coefficient (Wildman–Crippen LogP) is 3.25. The first kappa shape index (κ1) is 16.7. The molecule has 0 unspecified atom stereocenters. The van der Waals surface area contributed by atoms with E-state index in [1.54, 1.807) is 0 Å². The molecule has 0 atom stereocenters. The molecule has 0 aromatic heterocycles. The summed E-state index contributed by atoms with van der Waals surface area (Å²) < 4.78 is 5.45. The van der Waals surface area contributed by atoms with Crippen LogP contribution in [0.4, 0.5) is 0 Å². The molecule has 0 radical (unpaired) electrons. The SMILES string of the molecule is CCCCOCCCNC(=O)CCc1cccc(C)c1. The molecule has 0 aliphatic heterocycles. The van der Waals surface area contributed by atoms with Crippen LogP contribution in [0.5, 0.6) is 0 Å². The van der Waals surface area contributed by atoms with Gasteiger partial charge in [-0.3, -0.25) is 4.79 Å². The lowest BCUT2D eigenvalue weighted by atomic mass is 10.1. The summed E-state index contributed by atoms with van der Waals surface area (Å²) in [6.07, 6.45) is 4.53. The van der Waals surface area contributed by atoms with Gasteiger partial charge >= 0.3 is 0 Å². The summed E-state index contributed by atoms with van der Waals surface area (Å²) >= 11 is 0. The van der Waals surface area contributed by atoms with E-state index in [-0.39, 0.29) is 5.91 Å². The first-order valence-corrected chi connectivity index (χ1v) is 7.62. The molecule has 0 fully saturated rings. The first-order valence-electron chi connectivity index (χ1n) is 7.62. The van der Waals surface area contributed by atoms with Crippen LogP contribution in [0.15, 0.2) is 24.3 Å². The molecule has 1 N–H and O–H groups in total. The minimum atomic E-state index is 0.125.